The number of aryl methyl sites for hydroxylation is 1. The Kier molecular flexibility index (Phi) is 3.62. The van der Waals surface area contributed by atoms with Gasteiger partial charge in [0.05, 0.1) is 6.61 Å². The minimum atomic E-state index is -0.990. The third-order valence-electron chi connectivity index (χ3n) is 3.52. The number of carbonyl (C=O) groups is 2. The van der Waals surface area contributed by atoms with E-state index < -0.39 is 23.8 Å². The Hall–Kier alpha value is -2.70. The van der Waals surface area contributed by atoms with Crippen LogP contribution in [0.15, 0.2) is 30.3 Å². The molecule has 1 aliphatic heterocycles. The molecular formula is C15H16N4O3. The van der Waals surface area contributed by atoms with E-state index in [0.29, 0.717) is 11.8 Å². The van der Waals surface area contributed by atoms with Crippen LogP contribution in [0.5, 0.6) is 0 Å². The number of amides is 1. The van der Waals surface area contributed by atoms with Crippen LogP contribution in [-0.4, -0.2) is 33.2 Å². The number of anilines is 1. The Morgan fingerprint density at radius 2 is 2.09 bits per heavy atom. The van der Waals surface area contributed by atoms with Crippen LogP contribution in [0.25, 0.3) is 0 Å². The third-order valence-corrected chi connectivity index (χ3v) is 3.52. The molecule has 0 saturated carbocycles. The highest BCUT2D eigenvalue weighted by atomic mass is 16.5. The first kappa shape index (κ1) is 14.2. The standard InChI is InChI=1S/C15H16N4O3/c1-3-22-14(21)11-12(10-7-5-4-6-8-10)19-15(17-13(11)20)16-9(2)18-19/h4-8,11-12H,3H2,1-2H3,(H,16,17,18,20)/t11-,12+/m0/s1. The number of esters is 1. The van der Waals surface area contributed by atoms with Gasteiger partial charge >= 0.3 is 5.97 Å². The topological polar surface area (TPSA) is 86.1 Å². The highest BCUT2D eigenvalue weighted by Gasteiger charge is 2.44. The fourth-order valence-corrected chi connectivity index (χ4v) is 2.63. The largest absolute Gasteiger partial charge is 0.465 e. The maximum Gasteiger partial charge on any atom is 0.321 e. The van der Waals surface area contributed by atoms with Gasteiger partial charge < -0.3 is 4.74 Å². The molecule has 0 unspecified atom stereocenters. The molecule has 22 heavy (non-hydrogen) atoms. The molecule has 1 aromatic heterocycles. The van der Waals surface area contributed by atoms with Crippen LogP contribution in [0, 0.1) is 12.8 Å². The molecule has 2 heterocycles. The number of fused-ring (bicyclic) bond motifs is 1. The van der Waals surface area contributed by atoms with Crippen LogP contribution in [0.1, 0.15) is 24.4 Å². The Labute approximate surface area is 127 Å². The van der Waals surface area contributed by atoms with E-state index in [1.165, 1.54) is 0 Å². The molecule has 114 valence electrons. The Morgan fingerprint density at radius 3 is 2.77 bits per heavy atom. The summed E-state index contributed by atoms with van der Waals surface area (Å²) in [4.78, 5) is 28.8. The number of hydrogen-bond donors (Lipinski definition) is 1. The second-order valence-electron chi connectivity index (χ2n) is 5.00. The average Bonchev–Trinajstić information content (AvgIpc) is 2.86. The van der Waals surface area contributed by atoms with Gasteiger partial charge in [0.2, 0.25) is 11.9 Å². The Bertz CT molecular complexity index is 711. The van der Waals surface area contributed by atoms with Gasteiger partial charge in [0.15, 0.2) is 5.92 Å². The van der Waals surface area contributed by atoms with E-state index >= 15 is 0 Å². The number of benzene rings is 1. The van der Waals surface area contributed by atoms with Crippen molar-refractivity contribution in [3.05, 3.63) is 41.7 Å². The zero-order chi connectivity index (χ0) is 15.7. The molecule has 1 N–H and O–H groups in total. The fourth-order valence-electron chi connectivity index (χ4n) is 2.63. The summed E-state index contributed by atoms with van der Waals surface area (Å²) in [5.74, 6) is -1.10. The second kappa shape index (κ2) is 5.59. The van der Waals surface area contributed by atoms with Gasteiger partial charge in [0.25, 0.3) is 0 Å². The first-order chi connectivity index (χ1) is 10.6. The van der Waals surface area contributed by atoms with Gasteiger partial charge in [-0.2, -0.15) is 10.1 Å². The van der Waals surface area contributed by atoms with Crippen LogP contribution >= 0.6 is 0 Å². The molecule has 7 heteroatoms. The number of rotatable bonds is 3. The quantitative estimate of drug-likeness (QED) is 0.682. The van der Waals surface area contributed by atoms with E-state index in [4.69, 9.17) is 4.74 Å². The highest BCUT2D eigenvalue weighted by Crippen LogP contribution is 2.34. The van der Waals surface area contributed by atoms with Gasteiger partial charge in [-0.25, -0.2) is 4.68 Å². The summed E-state index contributed by atoms with van der Waals surface area (Å²) in [7, 11) is 0. The van der Waals surface area contributed by atoms with Gasteiger partial charge in [0, 0.05) is 0 Å². The third kappa shape index (κ3) is 2.34. The van der Waals surface area contributed by atoms with E-state index in [1.54, 1.807) is 18.5 Å². The molecule has 0 radical (unpaired) electrons. The van der Waals surface area contributed by atoms with Crippen molar-refractivity contribution in [1.29, 1.82) is 0 Å². The zero-order valence-electron chi connectivity index (χ0n) is 12.3. The smallest absolute Gasteiger partial charge is 0.321 e. The molecule has 2 atom stereocenters. The minimum absolute atomic E-state index is 0.216. The van der Waals surface area contributed by atoms with E-state index in [0.717, 1.165) is 5.56 Å². The number of nitrogens with zero attached hydrogens (tertiary/aromatic N) is 3. The Morgan fingerprint density at radius 1 is 1.36 bits per heavy atom. The van der Waals surface area contributed by atoms with Gasteiger partial charge in [-0.1, -0.05) is 30.3 Å². The van der Waals surface area contributed by atoms with Gasteiger partial charge in [-0.3, -0.25) is 14.9 Å². The molecular weight excluding hydrogens is 284 g/mol. The number of carbonyl (C=O) groups excluding carboxylic acids is 2. The molecule has 3 rings (SSSR count). The van der Waals surface area contributed by atoms with E-state index in [2.05, 4.69) is 15.4 Å². The second-order valence-corrected chi connectivity index (χ2v) is 5.00. The van der Waals surface area contributed by atoms with Gasteiger partial charge in [-0.15, -0.1) is 0 Å². The Balaban J connectivity index is 2.12. The molecule has 0 bridgehead atoms. The van der Waals surface area contributed by atoms with Crippen molar-refractivity contribution >= 4 is 17.8 Å². The van der Waals surface area contributed by atoms with E-state index in [-0.39, 0.29) is 6.61 Å². The SMILES string of the molecule is CCOC(=O)[C@@H]1C(=O)Nc2nc(C)nn2[C@@H]1c1ccccc1. The number of nitrogens with one attached hydrogen (secondary N) is 1. The fraction of sp³-hybridized carbons (Fsp3) is 0.333. The van der Waals surface area contributed by atoms with Crippen LogP contribution in [0.4, 0.5) is 5.95 Å². The summed E-state index contributed by atoms with van der Waals surface area (Å²) in [6, 6.07) is 8.73. The van der Waals surface area contributed by atoms with Crippen molar-refractivity contribution < 1.29 is 14.3 Å². The van der Waals surface area contributed by atoms with Crippen molar-refractivity contribution in [1.82, 2.24) is 14.8 Å². The maximum atomic E-state index is 12.4. The lowest BCUT2D eigenvalue weighted by Crippen LogP contribution is -2.43. The molecule has 7 nitrogen and oxygen atoms in total. The lowest BCUT2D eigenvalue weighted by molar-refractivity contribution is -0.152. The van der Waals surface area contributed by atoms with Crippen molar-refractivity contribution in [2.45, 2.75) is 19.9 Å². The van der Waals surface area contributed by atoms with Crippen molar-refractivity contribution in [2.24, 2.45) is 5.92 Å². The van der Waals surface area contributed by atoms with E-state index in [9.17, 15) is 9.59 Å². The normalized spacial score (nSPS) is 20.2. The molecule has 0 fully saturated rings. The van der Waals surface area contributed by atoms with Crippen LogP contribution in [0.3, 0.4) is 0 Å². The summed E-state index contributed by atoms with van der Waals surface area (Å²) >= 11 is 0. The van der Waals surface area contributed by atoms with Crippen molar-refractivity contribution in [3.63, 3.8) is 0 Å². The monoisotopic (exact) mass is 300 g/mol. The van der Waals surface area contributed by atoms with Crippen molar-refractivity contribution in [2.75, 3.05) is 11.9 Å². The molecule has 1 aliphatic rings. The molecule has 0 aliphatic carbocycles. The molecule has 1 aromatic carbocycles. The first-order valence-corrected chi connectivity index (χ1v) is 7.07. The molecule has 1 amide bonds. The van der Waals surface area contributed by atoms with Crippen LogP contribution in [-0.2, 0) is 14.3 Å². The zero-order valence-corrected chi connectivity index (χ0v) is 12.3. The van der Waals surface area contributed by atoms with Gasteiger partial charge in [-0.05, 0) is 19.4 Å². The average molecular weight is 300 g/mol. The number of aromatic nitrogens is 3. The summed E-state index contributed by atoms with van der Waals surface area (Å²) in [5, 5.41) is 6.94. The lowest BCUT2D eigenvalue weighted by atomic mass is 9.91. The predicted octanol–water partition coefficient (Wildman–Crippen LogP) is 1.31. The molecule has 0 spiro atoms. The van der Waals surface area contributed by atoms with Gasteiger partial charge in [0.1, 0.15) is 11.9 Å². The maximum absolute atomic E-state index is 12.4. The summed E-state index contributed by atoms with van der Waals surface area (Å²) < 4.78 is 6.64. The minimum Gasteiger partial charge on any atom is -0.465 e. The van der Waals surface area contributed by atoms with E-state index in [1.807, 2.05) is 30.3 Å². The highest BCUT2D eigenvalue weighted by molar-refractivity contribution is 6.06. The summed E-state index contributed by atoms with van der Waals surface area (Å²) in [5.41, 5.74) is 0.807. The summed E-state index contributed by atoms with van der Waals surface area (Å²) in [6.45, 7) is 3.66. The predicted molar refractivity (Wildman–Crippen MR) is 78.1 cm³/mol. The molecule has 2 aromatic rings. The number of hydrogen-bond acceptors (Lipinski definition) is 5. The van der Waals surface area contributed by atoms with Crippen molar-refractivity contribution in [3.8, 4) is 0 Å². The number of ether oxygens (including phenoxy) is 1. The first-order valence-electron chi connectivity index (χ1n) is 7.07. The van der Waals surface area contributed by atoms with Crippen LogP contribution in [0.2, 0.25) is 0 Å². The molecule has 0 saturated heterocycles. The summed E-state index contributed by atoms with van der Waals surface area (Å²) in [6.07, 6.45) is 0. The lowest BCUT2D eigenvalue weighted by Gasteiger charge is -2.30. The van der Waals surface area contributed by atoms with Crippen LogP contribution < -0.4 is 5.32 Å².